The molecule has 0 heteroatoms. The van der Waals surface area contributed by atoms with E-state index in [0.29, 0.717) is 0 Å². The lowest BCUT2D eigenvalue weighted by atomic mass is 9.93. The van der Waals surface area contributed by atoms with E-state index < -0.39 is 0 Å². The van der Waals surface area contributed by atoms with Gasteiger partial charge in [-0.1, -0.05) is 78.6 Å². The molecule has 0 fully saturated rings. The Kier molecular flexibility index (Phi) is 10.1. The summed E-state index contributed by atoms with van der Waals surface area (Å²) in [5.74, 6) is 1.02. The van der Waals surface area contributed by atoms with E-state index in [1.165, 1.54) is 57.8 Å². The lowest BCUT2D eigenvalue weighted by Crippen LogP contribution is -1.98. The topological polar surface area (TPSA) is 0 Å². The van der Waals surface area contributed by atoms with Gasteiger partial charge in [-0.05, 0) is 5.92 Å². The molecule has 80 valence electrons. The van der Waals surface area contributed by atoms with Crippen LogP contribution in [0.15, 0.2) is 0 Å². The van der Waals surface area contributed by atoms with Crippen molar-refractivity contribution >= 4 is 0 Å². The summed E-state index contributed by atoms with van der Waals surface area (Å²) in [5, 5.41) is 0. The van der Waals surface area contributed by atoms with Crippen molar-refractivity contribution in [2.75, 3.05) is 0 Å². The van der Waals surface area contributed by atoms with Gasteiger partial charge in [-0.25, -0.2) is 0 Å². The zero-order valence-electron chi connectivity index (χ0n) is 9.94. The molecule has 0 aliphatic carbocycles. The maximum atomic E-state index is 2.35. The maximum Gasteiger partial charge on any atom is -0.0417 e. The van der Waals surface area contributed by atoms with E-state index in [2.05, 4.69) is 20.8 Å². The highest BCUT2D eigenvalue weighted by Crippen LogP contribution is 2.19. The number of hydrogen-bond donors (Lipinski definition) is 0. The third kappa shape index (κ3) is 8.33. The van der Waals surface area contributed by atoms with Gasteiger partial charge in [0.2, 0.25) is 0 Å². The van der Waals surface area contributed by atoms with Crippen LogP contribution in [0.3, 0.4) is 0 Å². The van der Waals surface area contributed by atoms with Crippen LogP contribution in [0, 0.1) is 5.92 Å². The van der Waals surface area contributed by atoms with Gasteiger partial charge < -0.3 is 0 Å². The van der Waals surface area contributed by atoms with Crippen LogP contribution in [-0.2, 0) is 0 Å². The molecule has 0 rings (SSSR count). The van der Waals surface area contributed by atoms with Crippen molar-refractivity contribution in [1.82, 2.24) is 0 Å². The van der Waals surface area contributed by atoms with Crippen molar-refractivity contribution in [2.45, 2.75) is 78.6 Å². The van der Waals surface area contributed by atoms with Crippen LogP contribution in [0.2, 0.25) is 0 Å². The molecule has 0 nitrogen and oxygen atoms in total. The summed E-state index contributed by atoms with van der Waals surface area (Å²) in [7, 11) is 0. The predicted molar refractivity (Wildman–Crippen MR) is 62.1 cm³/mol. The minimum Gasteiger partial charge on any atom is -0.0654 e. The molecule has 0 saturated carbocycles. The van der Waals surface area contributed by atoms with E-state index in [0.717, 1.165) is 5.92 Å². The van der Waals surface area contributed by atoms with Crippen LogP contribution in [0.1, 0.15) is 78.6 Å². The quantitative estimate of drug-likeness (QED) is 0.433. The first-order valence-corrected chi connectivity index (χ1v) is 6.35. The molecule has 1 atom stereocenters. The van der Waals surface area contributed by atoms with Crippen LogP contribution in [0.5, 0.6) is 0 Å². The van der Waals surface area contributed by atoms with Gasteiger partial charge in [0.15, 0.2) is 0 Å². The molecule has 1 unspecified atom stereocenters. The highest BCUT2D eigenvalue weighted by Gasteiger charge is 2.04. The molecule has 0 aromatic carbocycles. The van der Waals surface area contributed by atoms with E-state index in [9.17, 15) is 0 Å². The summed E-state index contributed by atoms with van der Waals surface area (Å²) >= 11 is 0. The molecule has 0 heterocycles. The van der Waals surface area contributed by atoms with Crippen LogP contribution in [0.4, 0.5) is 0 Å². The first kappa shape index (κ1) is 13.0. The van der Waals surface area contributed by atoms with Crippen molar-refractivity contribution in [3.05, 3.63) is 0 Å². The average Bonchev–Trinajstić information content (AvgIpc) is 2.17. The lowest BCUT2D eigenvalue weighted by Gasteiger charge is -2.13. The number of rotatable bonds is 9. The van der Waals surface area contributed by atoms with Crippen molar-refractivity contribution in [2.24, 2.45) is 5.92 Å². The van der Waals surface area contributed by atoms with Crippen molar-refractivity contribution in [1.29, 1.82) is 0 Å². The second-order valence-corrected chi connectivity index (χ2v) is 4.27. The third-order valence-electron chi connectivity index (χ3n) is 3.01. The van der Waals surface area contributed by atoms with Gasteiger partial charge in [-0.15, -0.1) is 0 Å². The van der Waals surface area contributed by atoms with Crippen LogP contribution in [0.25, 0.3) is 0 Å². The van der Waals surface area contributed by atoms with Gasteiger partial charge in [0, 0.05) is 0 Å². The molecule has 0 bridgehead atoms. The Labute approximate surface area is 85.1 Å². The number of unbranched alkanes of at least 4 members (excludes halogenated alkanes) is 4. The SMILES string of the molecule is CCCCCCC(CC)CCCC. The normalized spacial score (nSPS) is 13.2. The van der Waals surface area contributed by atoms with Crippen molar-refractivity contribution < 1.29 is 0 Å². The van der Waals surface area contributed by atoms with Crippen LogP contribution >= 0.6 is 0 Å². The summed E-state index contributed by atoms with van der Waals surface area (Å²) in [4.78, 5) is 0. The average molecular weight is 184 g/mol. The Morgan fingerprint density at radius 3 is 1.85 bits per heavy atom. The van der Waals surface area contributed by atoms with Gasteiger partial charge in [-0.3, -0.25) is 0 Å². The van der Waals surface area contributed by atoms with Gasteiger partial charge >= 0.3 is 0 Å². The fourth-order valence-corrected chi connectivity index (χ4v) is 1.91. The van der Waals surface area contributed by atoms with Gasteiger partial charge in [0.1, 0.15) is 0 Å². The maximum absolute atomic E-state index is 2.35. The van der Waals surface area contributed by atoms with Gasteiger partial charge in [-0.2, -0.15) is 0 Å². The fraction of sp³-hybridized carbons (Fsp3) is 1.00. The van der Waals surface area contributed by atoms with Gasteiger partial charge in [0.25, 0.3) is 0 Å². The van der Waals surface area contributed by atoms with E-state index in [1.807, 2.05) is 0 Å². The predicted octanol–water partition coefficient (Wildman–Crippen LogP) is 5.17. The van der Waals surface area contributed by atoms with E-state index in [-0.39, 0.29) is 0 Å². The zero-order valence-corrected chi connectivity index (χ0v) is 9.94. The molecule has 0 aliphatic heterocycles. The summed E-state index contributed by atoms with van der Waals surface area (Å²) in [6.45, 7) is 6.93. The molecule has 0 aromatic rings. The molecule has 0 amide bonds. The smallest absolute Gasteiger partial charge is 0.0417 e. The Morgan fingerprint density at radius 2 is 1.31 bits per heavy atom. The molecule has 0 aromatic heterocycles. The van der Waals surface area contributed by atoms with Crippen LogP contribution in [-0.4, -0.2) is 0 Å². The minimum atomic E-state index is 1.02. The monoisotopic (exact) mass is 184 g/mol. The third-order valence-corrected chi connectivity index (χ3v) is 3.01. The summed E-state index contributed by atoms with van der Waals surface area (Å²) < 4.78 is 0. The summed E-state index contributed by atoms with van der Waals surface area (Å²) in [5.41, 5.74) is 0. The highest BCUT2D eigenvalue weighted by atomic mass is 14.1. The second kappa shape index (κ2) is 10.1. The fourth-order valence-electron chi connectivity index (χ4n) is 1.91. The summed E-state index contributed by atoms with van der Waals surface area (Å²) in [6, 6.07) is 0. The molecule has 0 radical (unpaired) electrons. The van der Waals surface area contributed by atoms with Gasteiger partial charge in [0.05, 0.1) is 0 Å². The molecular formula is C13H28. The Morgan fingerprint density at radius 1 is 0.692 bits per heavy atom. The lowest BCUT2D eigenvalue weighted by molar-refractivity contribution is 0.401. The van der Waals surface area contributed by atoms with Crippen molar-refractivity contribution in [3.8, 4) is 0 Å². The first-order chi connectivity index (χ1) is 6.35. The Hall–Kier alpha value is 0. The Balaban J connectivity index is 3.25. The molecule has 0 N–H and O–H groups in total. The van der Waals surface area contributed by atoms with E-state index >= 15 is 0 Å². The largest absolute Gasteiger partial charge is 0.0654 e. The van der Waals surface area contributed by atoms with Crippen molar-refractivity contribution in [3.63, 3.8) is 0 Å². The standard InChI is InChI=1S/C13H28/c1-4-7-9-10-12-13(6-3)11-8-5-2/h13H,4-12H2,1-3H3. The summed E-state index contributed by atoms with van der Waals surface area (Å²) in [6.07, 6.45) is 12.9. The molecular weight excluding hydrogens is 156 g/mol. The van der Waals surface area contributed by atoms with Crippen LogP contribution < -0.4 is 0 Å². The molecule has 0 spiro atoms. The molecule has 0 saturated heterocycles. The second-order valence-electron chi connectivity index (χ2n) is 4.27. The zero-order chi connectivity index (χ0) is 9.94. The van der Waals surface area contributed by atoms with E-state index in [4.69, 9.17) is 0 Å². The number of hydrogen-bond acceptors (Lipinski definition) is 0. The first-order valence-electron chi connectivity index (χ1n) is 6.35. The Bertz CT molecular complexity index is 86.0. The minimum absolute atomic E-state index is 1.02. The van der Waals surface area contributed by atoms with E-state index in [1.54, 1.807) is 0 Å². The molecule has 13 heavy (non-hydrogen) atoms. The highest BCUT2D eigenvalue weighted by molar-refractivity contribution is 4.57. The molecule has 0 aliphatic rings.